The monoisotopic (exact) mass is 358 g/mol. The fourth-order valence-corrected chi connectivity index (χ4v) is 4.36. The molecule has 1 unspecified atom stereocenters. The highest BCUT2D eigenvalue weighted by Crippen LogP contribution is 2.24. The van der Waals surface area contributed by atoms with Gasteiger partial charge in [-0.2, -0.15) is 0 Å². The molecule has 0 aromatic heterocycles. The van der Waals surface area contributed by atoms with Crippen molar-refractivity contribution in [2.75, 3.05) is 26.7 Å². The number of amides is 1. The molecule has 1 aromatic rings. The molecular formula is C21H30N2O3. The van der Waals surface area contributed by atoms with E-state index in [1.165, 1.54) is 19.3 Å². The van der Waals surface area contributed by atoms with Crippen LogP contribution in [0, 0.1) is 5.92 Å². The van der Waals surface area contributed by atoms with Crippen molar-refractivity contribution < 1.29 is 14.7 Å². The quantitative estimate of drug-likeness (QED) is 0.849. The van der Waals surface area contributed by atoms with E-state index in [0.717, 1.165) is 44.3 Å². The predicted molar refractivity (Wildman–Crippen MR) is 101 cm³/mol. The summed E-state index contributed by atoms with van der Waals surface area (Å²) in [5.41, 5.74) is 1.42. The van der Waals surface area contributed by atoms with Crippen molar-refractivity contribution in [3.63, 3.8) is 0 Å². The summed E-state index contributed by atoms with van der Waals surface area (Å²) < 4.78 is 0. The third kappa shape index (κ3) is 4.85. The highest BCUT2D eigenvalue weighted by atomic mass is 16.4. The van der Waals surface area contributed by atoms with Gasteiger partial charge in [0.2, 0.25) is 5.91 Å². The third-order valence-corrected chi connectivity index (χ3v) is 5.94. The maximum Gasteiger partial charge on any atom is 0.335 e. The van der Waals surface area contributed by atoms with Crippen LogP contribution >= 0.6 is 0 Å². The lowest BCUT2D eigenvalue weighted by atomic mass is 9.94. The number of hydrogen-bond donors (Lipinski definition) is 1. The van der Waals surface area contributed by atoms with Crippen LogP contribution in [0.3, 0.4) is 0 Å². The van der Waals surface area contributed by atoms with Gasteiger partial charge in [0.05, 0.1) is 12.1 Å². The molecule has 1 heterocycles. The summed E-state index contributed by atoms with van der Waals surface area (Å²) >= 11 is 0. The topological polar surface area (TPSA) is 60.9 Å². The number of likely N-dealkylation sites (N-methyl/N-ethyl adjacent to an activating group) is 1. The number of carbonyl (C=O) groups excluding carboxylic acids is 1. The first-order chi connectivity index (χ1) is 12.5. The zero-order chi connectivity index (χ0) is 18.5. The lowest BCUT2D eigenvalue weighted by Gasteiger charge is -2.32. The fourth-order valence-electron chi connectivity index (χ4n) is 4.36. The van der Waals surface area contributed by atoms with E-state index in [4.69, 9.17) is 5.11 Å². The van der Waals surface area contributed by atoms with Crippen LogP contribution in [0.2, 0.25) is 0 Å². The van der Waals surface area contributed by atoms with Gasteiger partial charge in [-0.1, -0.05) is 31.4 Å². The molecular weight excluding hydrogens is 328 g/mol. The molecule has 142 valence electrons. The van der Waals surface area contributed by atoms with Gasteiger partial charge in [-0.25, -0.2) is 4.79 Å². The van der Waals surface area contributed by atoms with Crippen LogP contribution in [-0.2, 0) is 11.2 Å². The summed E-state index contributed by atoms with van der Waals surface area (Å²) in [5, 5.41) is 9.12. The average Bonchev–Trinajstić information content (AvgIpc) is 3.08. The second kappa shape index (κ2) is 8.67. The minimum absolute atomic E-state index is 0.241. The summed E-state index contributed by atoms with van der Waals surface area (Å²) in [4.78, 5) is 27.9. The lowest BCUT2D eigenvalue weighted by molar-refractivity contribution is -0.133. The van der Waals surface area contributed by atoms with E-state index in [-0.39, 0.29) is 5.91 Å². The van der Waals surface area contributed by atoms with Gasteiger partial charge in [0.15, 0.2) is 0 Å². The highest BCUT2D eigenvalue weighted by Gasteiger charge is 2.27. The molecule has 1 saturated carbocycles. The van der Waals surface area contributed by atoms with Gasteiger partial charge in [-0.05, 0) is 55.8 Å². The molecule has 3 rings (SSSR count). The van der Waals surface area contributed by atoms with Crippen LogP contribution in [0.15, 0.2) is 24.3 Å². The van der Waals surface area contributed by atoms with Gasteiger partial charge >= 0.3 is 5.97 Å². The van der Waals surface area contributed by atoms with Crippen LogP contribution in [0.5, 0.6) is 0 Å². The maximum atomic E-state index is 12.6. The maximum absolute atomic E-state index is 12.6. The number of carboxylic acids is 1. The number of benzene rings is 1. The number of rotatable bonds is 6. The summed E-state index contributed by atoms with van der Waals surface area (Å²) in [7, 11) is 1.96. The second-order valence-corrected chi connectivity index (χ2v) is 7.90. The molecule has 2 fully saturated rings. The number of aromatic carboxylic acids is 1. The van der Waals surface area contributed by atoms with Crippen molar-refractivity contribution in [3.05, 3.63) is 35.4 Å². The molecule has 1 aliphatic carbocycles. The Balaban J connectivity index is 1.48. The lowest BCUT2D eigenvalue weighted by Crippen LogP contribution is -2.43. The molecule has 5 heteroatoms. The van der Waals surface area contributed by atoms with Crippen LogP contribution in [0.4, 0.5) is 0 Å². The first kappa shape index (κ1) is 18.9. The van der Waals surface area contributed by atoms with E-state index >= 15 is 0 Å². The summed E-state index contributed by atoms with van der Waals surface area (Å²) in [6.45, 7) is 2.38. The van der Waals surface area contributed by atoms with Gasteiger partial charge in [-0.3, -0.25) is 9.69 Å². The van der Waals surface area contributed by atoms with E-state index in [9.17, 15) is 9.59 Å². The van der Waals surface area contributed by atoms with Gasteiger partial charge in [0.25, 0.3) is 0 Å². The smallest absolute Gasteiger partial charge is 0.335 e. The Morgan fingerprint density at radius 3 is 2.69 bits per heavy atom. The summed E-state index contributed by atoms with van der Waals surface area (Å²) in [6, 6.07) is 7.64. The molecule has 26 heavy (non-hydrogen) atoms. The van der Waals surface area contributed by atoms with E-state index in [0.29, 0.717) is 24.1 Å². The van der Waals surface area contributed by atoms with Gasteiger partial charge in [0.1, 0.15) is 0 Å². The Hall–Kier alpha value is -1.88. The minimum atomic E-state index is -0.878. The van der Waals surface area contributed by atoms with Crippen molar-refractivity contribution in [2.45, 2.75) is 51.0 Å². The number of carbonyl (C=O) groups is 2. The Kier molecular flexibility index (Phi) is 6.30. The van der Waals surface area contributed by atoms with Crippen molar-refractivity contribution in [2.24, 2.45) is 5.92 Å². The number of likely N-dealkylation sites (tertiary alicyclic amines) is 1. The van der Waals surface area contributed by atoms with Crippen molar-refractivity contribution >= 4 is 11.9 Å². The summed E-state index contributed by atoms with van der Waals surface area (Å²) in [5.74, 6) is -0.145. The number of nitrogens with zero attached hydrogens (tertiary/aromatic N) is 2. The largest absolute Gasteiger partial charge is 0.478 e. The van der Waals surface area contributed by atoms with Gasteiger partial charge in [-0.15, -0.1) is 0 Å². The molecule has 5 nitrogen and oxygen atoms in total. The molecule has 0 bridgehead atoms. The Morgan fingerprint density at radius 2 is 1.96 bits per heavy atom. The summed E-state index contributed by atoms with van der Waals surface area (Å²) in [6.07, 6.45) is 8.01. The molecule has 0 radical (unpaired) electrons. The van der Waals surface area contributed by atoms with Crippen molar-refractivity contribution in [1.82, 2.24) is 9.80 Å². The standard InChI is InChI=1S/C21H30N2O3/c1-22(19-8-3-2-4-9-19)20(24)15-23-11-10-17(14-23)12-16-6-5-7-18(13-16)21(25)26/h5-7,13,17,19H,2-4,8-12,14-15H2,1H3,(H,25,26). The van der Waals surface area contributed by atoms with E-state index in [1.807, 2.05) is 24.1 Å². The molecule has 2 aliphatic rings. The van der Waals surface area contributed by atoms with Crippen LogP contribution < -0.4 is 0 Å². The van der Waals surface area contributed by atoms with Gasteiger partial charge < -0.3 is 10.0 Å². The number of hydrogen-bond acceptors (Lipinski definition) is 3. The minimum Gasteiger partial charge on any atom is -0.478 e. The molecule has 1 aliphatic heterocycles. The third-order valence-electron chi connectivity index (χ3n) is 5.94. The SMILES string of the molecule is CN(C(=O)CN1CCC(Cc2cccc(C(=O)O)c2)C1)C1CCCCC1. The Morgan fingerprint density at radius 1 is 1.19 bits per heavy atom. The van der Waals surface area contributed by atoms with Crippen LogP contribution in [0.25, 0.3) is 0 Å². The first-order valence-corrected chi connectivity index (χ1v) is 9.83. The average molecular weight is 358 g/mol. The number of carboxylic acid groups (broad SMARTS) is 1. The van der Waals surface area contributed by atoms with Gasteiger partial charge in [0, 0.05) is 19.6 Å². The van der Waals surface area contributed by atoms with Crippen molar-refractivity contribution in [1.29, 1.82) is 0 Å². The Labute approximate surface area is 156 Å². The predicted octanol–water partition coefficient (Wildman–Crippen LogP) is 3.04. The van der Waals surface area contributed by atoms with E-state index in [1.54, 1.807) is 12.1 Å². The molecule has 1 aromatic carbocycles. The normalized spacial score (nSPS) is 21.7. The van der Waals surface area contributed by atoms with E-state index in [2.05, 4.69) is 4.90 Å². The molecule has 1 amide bonds. The molecule has 1 saturated heterocycles. The molecule has 1 atom stereocenters. The molecule has 0 spiro atoms. The zero-order valence-corrected chi connectivity index (χ0v) is 15.7. The van der Waals surface area contributed by atoms with Crippen molar-refractivity contribution in [3.8, 4) is 0 Å². The zero-order valence-electron chi connectivity index (χ0n) is 15.7. The molecule has 1 N–H and O–H groups in total. The second-order valence-electron chi connectivity index (χ2n) is 7.90. The van der Waals surface area contributed by atoms with Crippen LogP contribution in [-0.4, -0.2) is 59.5 Å². The Bertz CT molecular complexity index is 640. The van der Waals surface area contributed by atoms with E-state index < -0.39 is 5.97 Å². The van der Waals surface area contributed by atoms with Crippen LogP contribution in [0.1, 0.15) is 54.4 Å². The first-order valence-electron chi connectivity index (χ1n) is 9.83. The highest BCUT2D eigenvalue weighted by molar-refractivity contribution is 5.87. The fraction of sp³-hybridized carbons (Fsp3) is 0.619.